The second kappa shape index (κ2) is 9.47. The minimum absolute atomic E-state index is 0.157. The molecule has 8 nitrogen and oxygen atoms in total. The number of nitrogens with one attached hydrogen (secondary N) is 2. The summed E-state index contributed by atoms with van der Waals surface area (Å²) in [5.41, 5.74) is 1.30. The van der Waals surface area contributed by atoms with Crippen molar-refractivity contribution < 1.29 is 19.1 Å². The molecule has 0 bridgehead atoms. The van der Waals surface area contributed by atoms with Gasteiger partial charge < -0.3 is 15.0 Å². The minimum atomic E-state index is -0.545. The third-order valence-electron chi connectivity index (χ3n) is 4.55. The molecule has 0 saturated heterocycles. The fraction of sp³-hybridized carbons (Fsp3) is 0.455. The van der Waals surface area contributed by atoms with E-state index in [9.17, 15) is 14.4 Å². The monoisotopic (exact) mass is 444 g/mol. The van der Waals surface area contributed by atoms with Gasteiger partial charge in [0.2, 0.25) is 0 Å². The number of amides is 3. The molecule has 2 aromatic rings. The molecule has 0 fully saturated rings. The Morgan fingerprint density at radius 2 is 1.77 bits per heavy atom. The number of ether oxygens (including phenoxy) is 1. The van der Waals surface area contributed by atoms with E-state index in [-0.39, 0.29) is 17.9 Å². The minimum Gasteiger partial charge on any atom is -0.444 e. The predicted molar refractivity (Wildman–Crippen MR) is 119 cm³/mol. The smallest absolute Gasteiger partial charge is 0.410 e. The van der Waals surface area contributed by atoms with Gasteiger partial charge in [-0.15, -0.1) is 0 Å². The van der Waals surface area contributed by atoms with E-state index in [0.717, 1.165) is 17.0 Å². The number of carbonyl (C=O) groups excluding carboxylic acids is 3. The molecule has 1 aromatic heterocycles. The molecular formula is C22H28N4O4S. The van der Waals surface area contributed by atoms with Crippen molar-refractivity contribution in [3.8, 4) is 0 Å². The molecule has 3 amide bonds. The van der Waals surface area contributed by atoms with Crippen LogP contribution in [-0.4, -0.2) is 46.5 Å². The number of fused-ring (bicyclic) bond motifs is 1. The Morgan fingerprint density at radius 3 is 2.39 bits per heavy atom. The fourth-order valence-corrected chi connectivity index (χ4v) is 4.03. The average molecular weight is 445 g/mol. The van der Waals surface area contributed by atoms with Gasteiger partial charge >= 0.3 is 6.09 Å². The van der Waals surface area contributed by atoms with Crippen LogP contribution in [0.15, 0.2) is 24.3 Å². The molecule has 1 aromatic carbocycles. The molecule has 31 heavy (non-hydrogen) atoms. The van der Waals surface area contributed by atoms with Crippen molar-refractivity contribution in [3.63, 3.8) is 0 Å². The molecule has 0 unspecified atom stereocenters. The molecule has 2 N–H and O–H groups in total. The lowest BCUT2D eigenvalue weighted by Gasteiger charge is -2.29. The van der Waals surface area contributed by atoms with Gasteiger partial charge in [0.1, 0.15) is 5.60 Å². The van der Waals surface area contributed by atoms with Crippen LogP contribution >= 0.6 is 11.3 Å². The highest BCUT2D eigenvalue weighted by molar-refractivity contribution is 7.15. The van der Waals surface area contributed by atoms with Gasteiger partial charge in [-0.1, -0.05) is 18.3 Å². The Balaban J connectivity index is 1.61. The Bertz CT molecular complexity index is 963. The summed E-state index contributed by atoms with van der Waals surface area (Å²) in [7, 11) is 0. The summed E-state index contributed by atoms with van der Waals surface area (Å²) in [5, 5.41) is 6.11. The molecule has 0 aliphatic carbocycles. The maximum Gasteiger partial charge on any atom is 0.410 e. The molecule has 2 heterocycles. The topological polar surface area (TPSA) is 101 Å². The summed E-state index contributed by atoms with van der Waals surface area (Å²) in [5.74, 6) is -0.452. The molecule has 0 spiro atoms. The van der Waals surface area contributed by atoms with E-state index in [4.69, 9.17) is 4.74 Å². The zero-order valence-corrected chi connectivity index (χ0v) is 19.1. The summed E-state index contributed by atoms with van der Waals surface area (Å²) in [6, 6.07) is 6.50. The third-order valence-corrected chi connectivity index (χ3v) is 5.55. The number of nitrogens with zero attached hydrogens (tertiary/aromatic N) is 2. The van der Waals surface area contributed by atoms with Gasteiger partial charge in [0.25, 0.3) is 11.8 Å². The predicted octanol–water partition coefficient (Wildman–Crippen LogP) is 3.83. The van der Waals surface area contributed by atoms with E-state index in [0.29, 0.717) is 42.3 Å². The van der Waals surface area contributed by atoms with Crippen molar-refractivity contribution in [3.05, 3.63) is 46.0 Å². The first-order valence-corrected chi connectivity index (χ1v) is 11.1. The van der Waals surface area contributed by atoms with Gasteiger partial charge in [-0.05, 0) is 51.5 Å². The first kappa shape index (κ1) is 22.7. The largest absolute Gasteiger partial charge is 0.444 e. The van der Waals surface area contributed by atoms with Gasteiger partial charge in [0.05, 0.1) is 12.2 Å². The van der Waals surface area contributed by atoms with E-state index in [2.05, 4.69) is 15.6 Å². The molecule has 1 aliphatic rings. The summed E-state index contributed by atoms with van der Waals surface area (Å²) < 4.78 is 5.44. The highest BCUT2D eigenvalue weighted by Gasteiger charge is 2.28. The molecule has 0 atom stereocenters. The number of rotatable bonds is 5. The average Bonchev–Trinajstić information content (AvgIpc) is 3.12. The van der Waals surface area contributed by atoms with E-state index >= 15 is 0 Å². The van der Waals surface area contributed by atoms with Gasteiger partial charge in [0, 0.05) is 35.5 Å². The Labute approximate surface area is 186 Å². The SMILES string of the molecule is CCCNC(=O)c1ccc(C(=O)Nc2nc3c(s2)CN(C(=O)OC(C)(C)C)CC3)cc1. The first-order chi connectivity index (χ1) is 14.7. The quantitative estimate of drug-likeness (QED) is 0.730. The lowest BCUT2D eigenvalue weighted by Crippen LogP contribution is -2.39. The number of hydrogen-bond acceptors (Lipinski definition) is 6. The van der Waals surface area contributed by atoms with Crippen LogP contribution in [0.5, 0.6) is 0 Å². The van der Waals surface area contributed by atoms with Crippen molar-refractivity contribution in [2.24, 2.45) is 0 Å². The van der Waals surface area contributed by atoms with Gasteiger partial charge in [-0.2, -0.15) is 0 Å². The van der Waals surface area contributed by atoms with Gasteiger partial charge in [0.15, 0.2) is 5.13 Å². The highest BCUT2D eigenvalue weighted by Crippen LogP contribution is 2.29. The highest BCUT2D eigenvalue weighted by atomic mass is 32.1. The summed E-state index contributed by atoms with van der Waals surface area (Å²) in [4.78, 5) is 44.0. The Morgan fingerprint density at radius 1 is 1.13 bits per heavy atom. The Hall–Kier alpha value is -2.94. The fourth-order valence-electron chi connectivity index (χ4n) is 3.01. The molecule has 0 saturated carbocycles. The summed E-state index contributed by atoms with van der Waals surface area (Å²) in [6.45, 7) is 9.06. The van der Waals surface area contributed by atoms with E-state index < -0.39 is 5.60 Å². The molecule has 9 heteroatoms. The zero-order valence-electron chi connectivity index (χ0n) is 18.3. The van der Waals surface area contributed by atoms with Crippen molar-refractivity contribution in [1.29, 1.82) is 0 Å². The number of benzene rings is 1. The molecular weight excluding hydrogens is 416 g/mol. The van der Waals surface area contributed by atoms with Gasteiger partial charge in [-0.25, -0.2) is 9.78 Å². The zero-order chi connectivity index (χ0) is 22.6. The first-order valence-electron chi connectivity index (χ1n) is 10.3. The van der Waals surface area contributed by atoms with Crippen molar-refractivity contribution >= 4 is 34.4 Å². The lowest BCUT2D eigenvalue weighted by atomic mass is 10.1. The van der Waals surface area contributed by atoms with Crippen LogP contribution in [-0.2, 0) is 17.7 Å². The second-order valence-electron chi connectivity index (χ2n) is 8.33. The molecule has 0 radical (unpaired) electrons. The number of carbonyl (C=O) groups is 3. The standard InChI is InChI=1S/C22H28N4O4S/c1-5-11-23-18(27)14-6-8-15(9-7-14)19(28)25-20-24-16-10-12-26(13-17(16)31-20)21(29)30-22(2,3)4/h6-9H,5,10-13H2,1-4H3,(H,23,27)(H,24,25,28). The maximum atomic E-state index is 12.6. The van der Waals surface area contributed by atoms with E-state index in [1.54, 1.807) is 29.2 Å². The molecule has 166 valence electrons. The van der Waals surface area contributed by atoms with E-state index in [1.807, 2.05) is 27.7 Å². The summed E-state index contributed by atoms with van der Waals surface area (Å²) in [6.07, 6.45) is 1.13. The van der Waals surface area contributed by atoms with Gasteiger partial charge in [-0.3, -0.25) is 14.9 Å². The van der Waals surface area contributed by atoms with Crippen LogP contribution < -0.4 is 10.6 Å². The normalized spacial score (nSPS) is 13.4. The number of aromatic nitrogens is 1. The van der Waals surface area contributed by atoms with Crippen molar-refractivity contribution in [1.82, 2.24) is 15.2 Å². The van der Waals surface area contributed by atoms with Crippen LogP contribution in [0.1, 0.15) is 65.4 Å². The van der Waals surface area contributed by atoms with Crippen LogP contribution in [0, 0.1) is 0 Å². The van der Waals surface area contributed by atoms with Crippen LogP contribution in [0.3, 0.4) is 0 Å². The summed E-state index contributed by atoms with van der Waals surface area (Å²) >= 11 is 1.36. The third kappa shape index (κ3) is 6.04. The molecule has 3 rings (SSSR count). The number of thiazole rings is 1. The number of hydrogen-bond donors (Lipinski definition) is 2. The van der Waals surface area contributed by atoms with Crippen LogP contribution in [0.25, 0.3) is 0 Å². The van der Waals surface area contributed by atoms with Crippen molar-refractivity contribution in [2.75, 3.05) is 18.4 Å². The number of anilines is 1. The Kier molecular flexibility index (Phi) is 6.94. The molecule has 1 aliphatic heterocycles. The van der Waals surface area contributed by atoms with Crippen LogP contribution in [0.4, 0.5) is 9.93 Å². The maximum absolute atomic E-state index is 12.6. The lowest BCUT2D eigenvalue weighted by molar-refractivity contribution is 0.0225. The van der Waals surface area contributed by atoms with E-state index in [1.165, 1.54) is 11.3 Å². The second-order valence-corrected chi connectivity index (χ2v) is 9.41. The van der Waals surface area contributed by atoms with Crippen molar-refractivity contribution in [2.45, 2.75) is 52.7 Å². The van der Waals surface area contributed by atoms with Crippen LogP contribution in [0.2, 0.25) is 0 Å².